The summed E-state index contributed by atoms with van der Waals surface area (Å²) in [6, 6.07) is 0.0388. The highest BCUT2D eigenvalue weighted by Gasteiger charge is 2.38. The van der Waals surface area contributed by atoms with Gasteiger partial charge in [0.15, 0.2) is 0 Å². The monoisotopic (exact) mass is 271 g/mol. The number of piperidine rings is 1. The van der Waals surface area contributed by atoms with Crippen LogP contribution < -0.4 is 16.0 Å². The third-order valence-corrected chi connectivity index (χ3v) is 3.37. The molecule has 0 spiro atoms. The Labute approximate surface area is 116 Å². The maximum Gasteiger partial charge on any atom is 0.315 e. The molecular weight excluding hydrogens is 242 g/mol. The molecule has 2 amide bonds. The number of amides is 2. The van der Waals surface area contributed by atoms with Gasteiger partial charge in [0.25, 0.3) is 0 Å². The lowest BCUT2D eigenvalue weighted by molar-refractivity contribution is 0.147. The van der Waals surface area contributed by atoms with Gasteiger partial charge in [0, 0.05) is 23.7 Å². The average Bonchev–Trinajstić information content (AvgIpc) is 2.10. The first kappa shape index (κ1) is 16.2. The Morgan fingerprint density at radius 2 is 1.84 bits per heavy atom. The minimum absolute atomic E-state index is 0.0271. The first-order valence-electron chi connectivity index (χ1n) is 7.11. The molecule has 1 atom stereocenters. The largest absolute Gasteiger partial charge is 0.393 e. The van der Waals surface area contributed by atoms with E-state index in [1.165, 1.54) is 0 Å². The molecule has 1 unspecified atom stereocenters. The van der Waals surface area contributed by atoms with Crippen LogP contribution in [0.25, 0.3) is 0 Å². The molecular formula is C14H29N3O2. The quantitative estimate of drug-likeness (QED) is 0.624. The third kappa shape index (κ3) is 6.25. The molecule has 19 heavy (non-hydrogen) atoms. The number of rotatable bonds is 4. The van der Waals surface area contributed by atoms with Gasteiger partial charge < -0.3 is 21.1 Å². The van der Waals surface area contributed by atoms with Crippen LogP contribution in [0.5, 0.6) is 0 Å². The predicted octanol–water partition coefficient (Wildman–Crippen LogP) is 1.37. The molecule has 1 saturated heterocycles. The minimum atomic E-state index is -0.378. The standard InChI is InChI=1S/C14H29N3O2/c1-10(18)6-7-15-12(19)16-11-8-13(2,3)17-14(4,5)9-11/h10-11,17-18H,6-9H2,1-5H3,(H2,15,16,19). The van der Waals surface area contributed by atoms with Crippen LogP contribution in [0.2, 0.25) is 0 Å². The van der Waals surface area contributed by atoms with Crippen LogP contribution in [0.4, 0.5) is 4.79 Å². The fraction of sp³-hybridized carbons (Fsp3) is 0.929. The van der Waals surface area contributed by atoms with E-state index in [1.54, 1.807) is 6.92 Å². The molecule has 1 aliphatic rings. The van der Waals surface area contributed by atoms with Gasteiger partial charge in [-0.2, -0.15) is 0 Å². The molecule has 5 nitrogen and oxygen atoms in total. The lowest BCUT2D eigenvalue weighted by Gasteiger charge is -2.46. The molecule has 112 valence electrons. The third-order valence-electron chi connectivity index (χ3n) is 3.37. The van der Waals surface area contributed by atoms with Crippen molar-refractivity contribution in [3.05, 3.63) is 0 Å². The summed E-state index contributed by atoms with van der Waals surface area (Å²) in [5.41, 5.74) is 0.0542. The molecule has 4 N–H and O–H groups in total. The van der Waals surface area contributed by atoms with E-state index in [1.807, 2.05) is 0 Å². The zero-order valence-electron chi connectivity index (χ0n) is 12.8. The van der Waals surface area contributed by atoms with Crippen LogP contribution in [0.1, 0.15) is 53.9 Å². The van der Waals surface area contributed by atoms with Crippen molar-refractivity contribution >= 4 is 6.03 Å². The van der Waals surface area contributed by atoms with E-state index < -0.39 is 0 Å². The van der Waals surface area contributed by atoms with E-state index in [4.69, 9.17) is 5.11 Å². The maximum atomic E-state index is 11.8. The molecule has 5 heteroatoms. The van der Waals surface area contributed by atoms with E-state index in [0.29, 0.717) is 13.0 Å². The molecule has 1 rings (SSSR count). The summed E-state index contributed by atoms with van der Waals surface area (Å²) in [6.45, 7) is 10.9. The molecule has 1 heterocycles. The Morgan fingerprint density at radius 1 is 1.32 bits per heavy atom. The maximum absolute atomic E-state index is 11.8. The van der Waals surface area contributed by atoms with Crippen LogP contribution in [0.15, 0.2) is 0 Å². The Balaban J connectivity index is 2.41. The van der Waals surface area contributed by atoms with Crippen LogP contribution in [0.3, 0.4) is 0 Å². The zero-order chi connectivity index (χ0) is 14.7. The number of hydrogen-bond acceptors (Lipinski definition) is 3. The fourth-order valence-electron chi connectivity index (χ4n) is 3.06. The number of hydrogen-bond donors (Lipinski definition) is 4. The second kappa shape index (κ2) is 6.09. The molecule has 0 aliphatic carbocycles. The Morgan fingerprint density at radius 3 is 2.32 bits per heavy atom. The van der Waals surface area contributed by atoms with Crippen molar-refractivity contribution in [2.75, 3.05) is 6.54 Å². The SMILES string of the molecule is CC(O)CCNC(=O)NC1CC(C)(C)NC(C)(C)C1. The van der Waals surface area contributed by atoms with E-state index >= 15 is 0 Å². The van der Waals surface area contributed by atoms with Crippen molar-refractivity contribution in [2.24, 2.45) is 0 Å². The van der Waals surface area contributed by atoms with Gasteiger partial charge in [0.05, 0.1) is 6.10 Å². The van der Waals surface area contributed by atoms with Crippen molar-refractivity contribution < 1.29 is 9.90 Å². The van der Waals surface area contributed by atoms with E-state index in [9.17, 15) is 4.79 Å². The summed E-state index contributed by atoms with van der Waals surface area (Å²) in [6.07, 6.45) is 2.04. The molecule has 0 aromatic rings. The lowest BCUT2D eigenvalue weighted by Crippen LogP contribution is -2.62. The van der Waals surface area contributed by atoms with Gasteiger partial charge in [-0.3, -0.25) is 0 Å². The van der Waals surface area contributed by atoms with Crippen molar-refractivity contribution in [3.8, 4) is 0 Å². The number of urea groups is 1. The number of nitrogens with one attached hydrogen (secondary N) is 3. The van der Waals surface area contributed by atoms with Gasteiger partial charge in [0.1, 0.15) is 0 Å². The average molecular weight is 271 g/mol. The molecule has 0 aromatic carbocycles. The van der Waals surface area contributed by atoms with Crippen LogP contribution >= 0.6 is 0 Å². The second-order valence-electron chi connectivity index (χ2n) is 7.04. The highest BCUT2D eigenvalue weighted by molar-refractivity contribution is 5.74. The smallest absolute Gasteiger partial charge is 0.315 e. The Kier molecular flexibility index (Phi) is 5.21. The van der Waals surface area contributed by atoms with Gasteiger partial charge in [0.2, 0.25) is 0 Å². The van der Waals surface area contributed by atoms with Crippen molar-refractivity contribution in [1.82, 2.24) is 16.0 Å². The minimum Gasteiger partial charge on any atom is -0.393 e. The van der Waals surface area contributed by atoms with Crippen LogP contribution in [-0.4, -0.2) is 40.9 Å². The number of carbonyl (C=O) groups excluding carboxylic acids is 1. The number of aliphatic hydroxyl groups is 1. The fourth-order valence-corrected chi connectivity index (χ4v) is 3.06. The number of carbonyl (C=O) groups is 1. The molecule has 0 radical (unpaired) electrons. The molecule has 1 aliphatic heterocycles. The van der Waals surface area contributed by atoms with Gasteiger partial charge in [-0.25, -0.2) is 4.79 Å². The summed E-state index contributed by atoms with van der Waals surface area (Å²) in [7, 11) is 0. The molecule has 0 aromatic heterocycles. The molecule has 0 bridgehead atoms. The second-order valence-corrected chi connectivity index (χ2v) is 7.04. The van der Waals surface area contributed by atoms with E-state index in [2.05, 4.69) is 43.6 Å². The van der Waals surface area contributed by atoms with Crippen molar-refractivity contribution in [2.45, 2.75) is 77.1 Å². The van der Waals surface area contributed by atoms with Gasteiger partial charge in [-0.05, 0) is 53.9 Å². The predicted molar refractivity (Wildman–Crippen MR) is 77.1 cm³/mol. The summed E-state index contributed by atoms with van der Waals surface area (Å²) in [4.78, 5) is 11.8. The number of aliphatic hydroxyl groups excluding tert-OH is 1. The zero-order valence-corrected chi connectivity index (χ0v) is 12.8. The van der Waals surface area contributed by atoms with Crippen molar-refractivity contribution in [1.29, 1.82) is 0 Å². The van der Waals surface area contributed by atoms with E-state index in [-0.39, 0.29) is 29.3 Å². The summed E-state index contributed by atoms with van der Waals surface area (Å²) in [5, 5.41) is 18.6. The molecule has 1 fully saturated rings. The van der Waals surface area contributed by atoms with Gasteiger partial charge in [-0.15, -0.1) is 0 Å². The Hall–Kier alpha value is -0.810. The normalized spacial score (nSPS) is 23.7. The summed E-state index contributed by atoms with van der Waals surface area (Å²) < 4.78 is 0. The van der Waals surface area contributed by atoms with Crippen LogP contribution in [-0.2, 0) is 0 Å². The Bertz CT molecular complexity index is 298. The summed E-state index contributed by atoms with van der Waals surface area (Å²) in [5.74, 6) is 0. The lowest BCUT2D eigenvalue weighted by atomic mass is 9.80. The molecule has 0 saturated carbocycles. The topological polar surface area (TPSA) is 73.4 Å². The first-order chi connectivity index (χ1) is 8.60. The summed E-state index contributed by atoms with van der Waals surface area (Å²) >= 11 is 0. The van der Waals surface area contributed by atoms with Crippen LogP contribution in [0, 0.1) is 0 Å². The van der Waals surface area contributed by atoms with Crippen molar-refractivity contribution in [3.63, 3.8) is 0 Å². The highest BCUT2D eigenvalue weighted by Crippen LogP contribution is 2.28. The van der Waals surface area contributed by atoms with Gasteiger partial charge >= 0.3 is 6.03 Å². The van der Waals surface area contributed by atoms with E-state index in [0.717, 1.165) is 12.8 Å². The highest BCUT2D eigenvalue weighted by atomic mass is 16.3. The van der Waals surface area contributed by atoms with Gasteiger partial charge in [-0.1, -0.05) is 0 Å². The first-order valence-corrected chi connectivity index (χ1v) is 7.11.